The van der Waals surface area contributed by atoms with Gasteiger partial charge in [-0.25, -0.2) is 0 Å². The minimum Gasteiger partial charge on any atom is -0.0801 e. The third-order valence-electron chi connectivity index (χ3n) is 4.39. The summed E-state index contributed by atoms with van der Waals surface area (Å²) in [7, 11) is 0. The first-order valence-electron chi connectivity index (χ1n) is 8.29. The first-order valence-corrected chi connectivity index (χ1v) is 8.29. The molecule has 0 amide bonds. The number of hydrogen-bond donors (Lipinski definition) is 0. The van der Waals surface area contributed by atoms with Crippen molar-refractivity contribution in [3.05, 3.63) is 34.9 Å². The van der Waals surface area contributed by atoms with Crippen LogP contribution in [0.3, 0.4) is 0 Å². The van der Waals surface area contributed by atoms with Gasteiger partial charge in [0.2, 0.25) is 0 Å². The lowest BCUT2D eigenvalue weighted by Gasteiger charge is -2.26. The van der Waals surface area contributed by atoms with Crippen molar-refractivity contribution in [2.24, 2.45) is 17.8 Å². The number of hydrogen-bond acceptors (Lipinski definition) is 0. The fourth-order valence-corrected chi connectivity index (χ4v) is 3.79. The lowest BCUT2D eigenvalue weighted by molar-refractivity contribution is 0.341. The summed E-state index contributed by atoms with van der Waals surface area (Å²) in [4.78, 5) is 0. The Balaban J connectivity index is 0.000000861. The maximum Gasteiger partial charge on any atom is -0.00703 e. The molecule has 0 heterocycles. The van der Waals surface area contributed by atoms with E-state index in [0.29, 0.717) is 0 Å². The first kappa shape index (κ1) is 16.3. The van der Waals surface area contributed by atoms with Crippen LogP contribution in [-0.2, 0) is 0 Å². The van der Waals surface area contributed by atoms with Gasteiger partial charge in [0.05, 0.1) is 0 Å². The Hall–Kier alpha value is -0.780. The monoisotopic (exact) mass is 260 g/mol. The molecule has 0 aromatic heterocycles. The Bertz CT molecular complexity index is 365. The largest absolute Gasteiger partial charge is 0.0801 e. The molecule has 0 radical (unpaired) electrons. The topological polar surface area (TPSA) is 0 Å². The van der Waals surface area contributed by atoms with Crippen LogP contribution < -0.4 is 0 Å². The number of allylic oxidation sites excluding steroid dienone is 6. The van der Waals surface area contributed by atoms with Gasteiger partial charge < -0.3 is 0 Å². The summed E-state index contributed by atoms with van der Waals surface area (Å²) in [5, 5.41) is 0. The van der Waals surface area contributed by atoms with Gasteiger partial charge in [-0.2, -0.15) is 0 Å². The van der Waals surface area contributed by atoms with Crippen LogP contribution in [0.25, 0.3) is 0 Å². The van der Waals surface area contributed by atoms with Gasteiger partial charge in [-0.1, -0.05) is 71.8 Å². The van der Waals surface area contributed by atoms with Gasteiger partial charge in [0.1, 0.15) is 0 Å². The van der Waals surface area contributed by atoms with Crippen LogP contribution in [-0.4, -0.2) is 0 Å². The minimum atomic E-state index is 0.766. The Morgan fingerprint density at radius 2 is 1.89 bits per heavy atom. The Labute approximate surface area is 120 Å². The average Bonchev–Trinajstić information content (AvgIpc) is 2.76. The molecule has 0 heteroatoms. The Morgan fingerprint density at radius 1 is 1.21 bits per heavy atom. The van der Waals surface area contributed by atoms with Crippen molar-refractivity contribution in [1.29, 1.82) is 0 Å². The lowest BCUT2D eigenvalue weighted by Crippen LogP contribution is -2.18. The molecular weight excluding hydrogens is 228 g/mol. The highest BCUT2D eigenvalue weighted by molar-refractivity contribution is 5.50. The molecular formula is C19H32. The van der Waals surface area contributed by atoms with Crippen molar-refractivity contribution in [3.63, 3.8) is 0 Å². The molecule has 2 rings (SSSR count). The van der Waals surface area contributed by atoms with Crippen LogP contribution >= 0.6 is 0 Å². The van der Waals surface area contributed by atoms with E-state index in [1.165, 1.54) is 25.7 Å². The Morgan fingerprint density at radius 3 is 2.42 bits per heavy atom. The molecule has 0 aromatic rings. The van der Waals surface area contributed by atoms with Crippen LogP contribution in [0, 0.1) is 17.8 Å². The van der Waals surface area contributed by atoms with Crippen molar-refractivity contribution < 1.29 is 0 Å². The molecule has 19 heavy (non-hydrogen) atoms. The summed E-state index contributed by atoms with van der Waals surface area (Å²) < 4.78 is 0. The van der Waals surface area contributed by atoms with Gasteiger partial charge in [-0.15, -0.1) is 0 Å². The molecule has 0 bridgehead atoms. The van der Waals surface area contributed by atoms with Crippen molar-refractivity contribution >= 4 is 0 Å². The SMILES string of the molecule is CC.CCCC1=C2CC=CC=C2C(C(C)C)C1CC. The molecule has 0 nitrogen and oxygen atoms in total. The van der Waals surface area contributed by atoms with Crippen molar-refractivity contribution in [2.75, 3.05) is 0 Å². The summed E-state index contributed by atoms with van der Waals surface area (Å²) in [5.41, 5.74) is 5.14. The molecule has 0 saturated heterocycles. The third-order valence-corrected chi connectivity index (χ3v) is 4.39. The van der Waals surface area contributed by atoms with Crippen LogP contribution in [0.4, 0.5) is 0 Å². The van der Waals surface area contributed by atoms with Gasteiger partial charge in [0.25, 0.3) is 0 Å². The summed E-state index contributed by atoms with van der Waals surface area (Å²) in [6, 6.07) is 0. The van der Waals surface area contributed by atoms with E-state index in [9.17, 15) is 0 Å². The van der Waals surface area contributed by atoms with Gasteiger partial charge in [-0.05, 0) is 48.2 Å². The number of fused-ring (bicyclic) bond motifs is 1. The number of rotatable bonds is 4. The molecule has 0 aromatic carbocycles. The molecule has 2 aliphatic rings. The second-order valence-corrected chi connectivity index (χ2v) is 5.79. The molecule has 0 N–H and O–H groups in total. The summed E-state index contributed by atoms with van der Waals surface area (Å²) in [6.45, 7) is 13.4. The zero-order valence-corrected chi connectivity index (χ0v) is 13.8. The van der Waals surface area contributed by atoms with Crippen LogP contribution in [0.5, 0.6) is 0 Å². The molecule has 2 aliphatic carbocycles. The predicted molar refractivity (Wildman–Crippen MR) is 87.2 cm³/mol. The van der Waals surface area contributed by atoms with E-state index in [1.54, 1.807) is 16.7 Å². The normalized spacial score (nSPS) is 25.1. The molecule has 0 aliphatic heterocycles. The summed E-state index contributed by atoms with van der Waals surface area (Å²) in [5.74, 6) is 2.36. The second kappa shape index (κ2) is 7.72. The van der Waals surface area contributed by atoms with Crippen LogP contribution in [0.2, 0.25) is 0 Å². The zero-order chi connectivity index (χ0) is 14.4. The van der Waals surface area contributed by atoms with Crippen molar-refractivity contribution in [2.45, 2.75) is 67.2 Å². The van der Waals surface area contributed by atoms with Gasteiger partial charge in [0.15, 0.2) is 0 Å². The molecule has 0 spiro atoms. The summed E-state index contributed by atoms with van der Waals surface area (Å²) in [6.07, 6.45) is 12.0. The van der Waals surface area contributed by atoms with E-state index in [0.717, 1.165) is 17.8 Å². The molecule has 2 unspecified atom stereocenters. The molecule has 0 saturated carbocycles. The van der Waals surface area contributed by atoms with E-state index in [-0.39, 0.29) is 0 Å². The smallest absolute Gasteiger partial charge is 0.00703 e. The van der Waals surface area contributed by atoms with Gasteiger partial charge in [-0.3, -0.25) is 0 Å². The molecule has 2 atom stereocenters. The maximum absolute atomic E-state index is 2.39. The highest BCUT2D eigenvalue weighted by Gasteiger charge is 2.38. The molecule has 0 fully saturated rings. The maximum atomic E-state index is 2.39. The van der Waals surface area contributed by atoms with Crippen LogP contribution in [0.1, 0.15) is 67.2 Å². The van der Waals surface area contributed by atoms with Gasteiger partial charge >= 0.3 is 0 Å². The van der Waals surface area contributed by atoms with Crippen molar-refractivity contribution in [1.82, 2.24) is 0 Å². The van der Waals surface area contributed by atoms with Gasteiger partial charge in [0, 0.05) is 0 Å². The fraction of sp³-hybridized carbons (Fsp3) is 0.684. The second-order valence-electron chi connectivity index (χ2n) is 5.79. The minimum absolute atomic E-state index is 0.766. The van der Waals surface area contributed by atoms with E-state index in [4.69, 9.17) is 0 Å². The van der Waals surface area contributed by atoms with Crippen molar-refractivity contribution in [3.8, 4) is 0 Å². The predicted octanol–water partition coefficient (Wildman–Crippen LogP) is 6.31. The average molecular weight is 260 g/mol. The Kier molecular flexibility index (Phi) is 6.62. The quantitative estimate of drug-likeness (QED) is 0.556. The zero-order valence-electron chi connectivity index (χ0n) is 13.8. The van der Waals surface area contributed by atoms with E-state index >= 15 is 0 Å². The van der Waals surface area contributed by atoms with E-state index in [2.05, 4.69) is 45.9 Å². The first-order chi connectivity index (χ1) is 9.20. The fourth-order valence-electron chi connectivity index (χ4n) is 3.79. The van der Waals surface area contributed by atoms with Crippen LogP contribution in [0.15, 0.2) is 34.9 Å². The lowest BCUT2D eigenvalue weighted by atomic mass is 9.78. The molecule has 108 valence electrons. The third kappa shape index (κ3) is 3.22. The highest BCUT2D eigenvalue weighted by Crippen LogP contribution is 2.50. The standard InChI is InChI=1S/C17H26.C2H6/c1-5-9-14-13(6-2)17(12(3)4)16-11-8-7-10-15(14)16;1-2/h7-8,11-13,17H,5-6,9-10H2,1-4H3;1-2H3. The van der Waals surface area contributed by atoms with E-state index in [1.807, 2.05) is 13.8 Å². The highest BCUT2D eigenvalue weighted by atomic mass is 14.4. The summed E-state index contributed by atoms with van der Waals surface area (Å²) >= 11 is 0. The van der Waals surface area contributed by atoms with E-state index < -0.39 is 0 Å².